The van der Waals surface area contributed by atoms with Gasteiger partial charge in [0.2, 0.25) is 0 Å². The van der Waals surface area contributed by atoms with Crippen LogP contribution in [-0.4, -0.2) is 16.6 Å². The Morgan fingerprint density at radius 3 is 2.83 bits per heavy atom. The maximum absolute atomic E-state index is 4.36. The molecule has 1 aromatic heterocycles. The number of aromatic nitrogens is 2. The Morgan fingerprint density at radius 1 is 1.44 bits per heavy atom. The summed E-state index contributed by atoms with van der Waals surface area (Å²) >= 11 is 3.65. The van der Waals surface area contributed by atoms with Crippen molar-refractivity contribution in [3.05, 3.63) is 46.5 Å². The zero-order valence-electron chi connectivity index (χ0n) is 10.9. The van der Waals surface area contributed by atoms with Gasteiger partial charge in [0.15, 0.2) is 0 Å². The summed E-state index contributed by atoms with van der Waals surface area (Å²) in [5.74, 6) is 1.07. The average Bonchev–Trinajstić information content (AvgIpc) is 2.85. The van der Waals surface area contributed by atoms with Gasteiger partial charge in [-0.25, -0.2) is 4.98 Å². The zero-order valence-corrected chi connectivity index (χ0v) is 12.5. The minimum atomic E-state index is 0.351. The van der Waals surface area contributed by atoms with Gasteiger partial charge in [0.25, 0.3) is 0 Å². The van der Waals surface area contributed by atoms with Crippen LogP contribution in [0.1, 0.15) is 31.3 Å². The summed E-state index contributed by atoms with van der Waals surface area (Å²) in [4.78, 5) is 4.36. The summed E-state index contributed by atoms with van der Waals surface area (Å²) in [6.45, 7) is 4.26. The van der Waals surface area contributed by atoms with E-state index in [1.54, 1.807) is 0 Å². The number of imidazole rings is 1. The molecule has 0 aliphatic rings. The highest BCUT2D eigenvalue weighted by molar-refractivity contribution is 9.10. The molecule has 2 aromatic rings. The lowest BCUT2D eigenvalue weighted by Crippen LogP contribution is -2.12. The van der Waals surface area contributed by atoms with Crippen molar-refractivity contribution < 1.29 is 0 Å². The standard InChI is InChI=1S/C14H18BrN3/c1-4-14-17-7-8-18(14)13-6-5-11(9-12(13)15)10(2)16-3/h5-10,16H,4H2,1-3H3. The minimum Gasteiger partial charge on any atom is -0.313 e. The SMILES string of the molecule is CCc1nccn1-c1ccc(C(C)NC)cc1Br. The fourth-order valence-electron chi connectivity index (χ4n) is 1.97. The maximum Gasteiger partial charge on any atom is 0.112 e. The molecular formula is C14H18BrN3. The highest BCUT2D eigenvalue weighted by Crippen LogP contribution is 2.26. The number of hydrogen-bond acceptors (Lipinski definition) is 2. The van der Waals surface area contributed by atoms with Gasteiger partial charge in [-0.05, 0) is 47.6 Å². The molecule has 1 heterocycles. The third-order valence-corrected chi connectivity index (χ3v) is 3.83. The molecule has 0 fully saturated rings. The van der Waals surface area contributed by atoms with Crippen molar-refractivity contribution in [2.24, 2.45) is 0 Å². The Hall–Kier alpha value is -1.13. The highest BCUT2D eigenvalue weighted by atomic mass is 79.9. The molecule has 1 aromatic carbocycles. The molecule has 0 bridgehead atoms. The topological polar surface area (TPSA) is 29.9 Å². The number of benzene rings is 1. The van der Waals surface area contributed by atoms with Gasteiger partial charge < -0.3 is 9.88 Å². The van der Waals surface area contributed by atoms with Crippen molar-refractivity contribution in [2.75, 3.05) is 7.05 Å². The Balaban J connectivity index is 2.42. The smallest absolute Gasteiger partial charge is 0.112 e. The van der Waals surface area contributed by atoms with E-state index in [4.69, 9.17) is 0 Å². The fourth-order valence-corrected chi connectivity index (χ4v) is 2.56. The first-order valence-electron chi connectivity index (χ1n) is 6.16. The van der Waals surface area contributed by atoms with E-state index in [1.807, 2.05) is 19.4 Å². The summed E-state index contributed by atoms with van der Waals surface area (Å²) in [6, 6.07) is 6.80. The van der Waals surface area contributed by atoms with Crippen LogP contribution >= 0.6 is 15.9 Å². The number of halogens is 1. The predicted molar refractivity (Wildman–Crippen MR) is 78.1 cm³/mol. The monoisotopic (exact) mass is 307 g/mol. The van der Waals surface area contributed by atoms with Gasteiger partial charge in [-0.1, -0.05) is 13.0 Å². The number of hydrogen-bond donors (Lipinski definition) is 1. The van der Waals surface area contributed by atoms with Gasteiger partial charge in [-0.2, -0.15) is 0 Å². The van der Waals surface area contributed by atoms with E-state index in [1.165, 1.54) is 5.56 Å². The van der Waals surface area contributed by atoms with Gasteiger partial charge in [-0.3, -0.25) is 0 Å². The zero-order chi connectivity index (χ0) is 13.1. The lowest BCUT2D eigenvalue weighted by atomic mass is 10.1. The quantitative estimate of drug-likeness (QED) is 0.937. The first kappa shape index (κ1) is 13.3. The summed E-state index contributed by atoms with van der Waals surface area (Å²) < 4.78 is 3.22. The second-order valence-electron chi connectivity index (χ2n) is 4.29. The largest absolute Gasteiger partial charge is 0.313 e. The lowest BCUT2D eigenvalue weighted by Gasteiger charge is -2.14. The van der Waals surface area contributed by atoms with Crippen LogP contribution in [0, 0.1) is 0 Å². The molecular weight excluding hydrogens is 290 g/mol. The van der Waals surface area contributed by atoms with Crippen LogP contribution < -0.4 is 5.32 Å². The van der Waals surface area contributed by atoms with Gasteiger partial charge in [0, 0.05) is 29.3 Å². The number of nitrogens with one attached hydrogen (secondary N) is 1. The molecule has 1 unspecified atom stereocenters. The van der Waals surface area contributed by atoms with E-state index in [0.29, 0.717) is 6.04 Å². The van der Waals surface area contributed by atoms with Crippen molar-refractivity contribution in [3.63, 3.8) is 0 Å². The molecule has 0 aliphatic heterocycles. The summed E-state index contributed by atoms with van der Waals surface area (Å²) in [7, 11) is 1.97. The average molecular weight is 308 g/mol. The van der Waals surface area contributed by atoms with E-state index in [0.717, 1.165) is 22.4 Å². The van der Waals surface area contributed by atoms with E-state index < -0.39 is 0 Å². The van der Waals surface area contributed by atoms with Gasteiger partial charge >= 0.3 is 0 Å². The van der Waals surface area contributed by atoms with Crippen molar-refractivity contribution >= 4 is 15.9 Å². The van der Waals surface area contributed by atoms with Gasteiger partial charge in [0.1, 0.15) is 5.82 Å². The van der Waals surface area contributed by atoms with Crippen LogP contribution in [-0.2, 0) is 6.42 Å². The molecule has 0 saturated carbocycles. The normalized spacial score (nSPS) is 12.7. The predicted octanol–water partition coefficient (Wildman–Crippen LogP) is 3.48. The molecule has 1 N–H and O–H groups in total. The van der Waals surface area contributed by atoms with Crippen LogP contribution in [0.3, 0.4) is 0 Å². The summed E-state index contributed by atoms with van der Waals surface area (Å²) in [6.07, 6.45) is 4.77. The molecule has 0 aliphatic carbocycles. The lowest BCUT2D eigenvalue weighted by molar-refractivity contribution is 0.651. The fraction of sp³-hybridized carbons (Fsp3) is 0.357. The van der Waals surface area contributed by atoms with Crippen molar-refractivity contribution in [1.82, 2.24) is 14.9 Å². The molecule has 4 heteroatoms. The van der Waals surface area contributed by atoms with Crippen LogP contribution in [0.25, 0.3) is 5.69 Å². The van der Waals surface area contributed by atoms with Crippen LogP contribution in [0.15, 0.2) is 35.1 Å². The molecule has 0 amide bonds. The van der Waals surface area contributed by atoms with Crippen LogP contribution in [0.5, 0.6) is 0 Å². The number of aryl methyl sites for hydroxylation is 1. The third kappa shape index (κ3) is 2.49. The molecule has 0 radical (unpaired) electrons. The Kier molecular flexibility index (Phi) is 4.19. The molecule has 0 saturated heterocycles. The highest BCUT2D eigenvalue weighted by Gasteiger charge is 2.09. The molecule has 0 spiro atoms. The third-order valence-electron chi connectivity index (χ3n) is 3.20. The summed E-state index contributed by atoms with van der Waals surface area (Å²) in [5.41, 5.74) is 2.41. The van der Waals surface area contributed by atoms with E-state index >= 15 is 0 Å². The Bertz CT molecular complexity index is 534. The molecule has 2 rings (SSSR count). The van der Waals surface area contributed by atoms with Crippen LogP contribution in [0.2, 0.25) is 0 Å². The van der Waals surface area contributed by atoms with Crippen LogP contribution in [0.4, 0.5) is 0 Å². The molecule has 96 valence electrons. The van der Waals surface area contributed by atoms with Crippen molar-refractivity contribution in [2.45, 2.75) is 26.3 Å². The van der Waals surface area contributed by atoms with Gasteiger partial charge in [-0.15, -0.1) is 0 Å². The molecule has 1 atom stereocenters. The number of rotatable bonds is 4. The van der Waals surface area contributed by atoms with E-state index in [-0.39, 0.29) is 0 Å². The number of nitrogens with zero attached hydrogens (tertiary/aromatic N) is 2. The van der Waals surface area contributed by atoms with Crippen molar-refractivity contribution in [1.29, 1.82) is 0 Å². The summed E-state index contributed by atoms with van der Waals surface area (Å²) in [5, 5.41) is 3.25. The maximum atomic E-state index is 4.36. The van der Waals surface area contributed by atoms with E-state index in [9.17, 15) is 0 Å². The second-order valence-corrected chi connectivity index (χ2v) is 5.14. The van der Waals surface area contributed by atoms with Gasteiger partial charge in [0.05, 0.1) is 5.69 Å². The first-order valence-corrected chi connectivity index (χ1v) is 6.96. The van der Waals surface area contributed by atoms with E-state index in [2.05, 4.69) is 62.8 Å². The molecule has 18 heavy (non-hydrogen) atoms. The minimum absolute atomic E-state index is 0.351. The Labute approximate surface area is 116 Å². The molecule has 3 nitrogen and oxygen atoms in total. The first-order chi connectivity index (χ1) is 8.67. The second kappa shape index (κ2) is 5.67. The Morgan fingerprint density at radius 2 is 2.22 bits per heavy atom. The van der Waals surface area contributed by atoms with Crippen molar-refractivity contribution in [3.8, 4) is 5.69 Å².